The molecular formula is C19H30N2O3. The Morgan fingerprint density at radius 1 is 1.33 bits per heavy atom. The van der Waals surface area contributed by atoms with Crippen molar-refractivity contribution in [3.05, 3.63) is 35.9 Å². The Bertz CT molecular complexity index is 517. The van der Waals surface area contributed by atoms with E-state index in [4.69, 9.17) is 4.74 Å². The molecule has 0 saturated carbocycles. The van der Waals surface area contributed by atoms with Crippen LogP contribution in [0.2, 0.25) is 0 Å². The van der Waals surface area contributed by atoms with Crippen molar-refractivity contribution in [2.24, 2.45) is 11.3 Å². The summed E-state index contributed by atoms with van der Waals surface area (Å²) in [6.07, 6.45) is 1.29. The minimum atomic E-state index is -0.368. The second kappa shape index (κ2) is 8.49. The molecule has 0 unspecified atom stereocenters. The minimum Gasteiger partial charge on any atom is -0.393 e. The van der Waals surface area contributed by atoms with E-state index < -0.39 is 0 Å². The number of rotatable bonds is 7. The summed E-state index contributed by atoms with van der Waals surface area (Å²) in [4.78, 5) is 12.0. The monoisotopic (exact) mass is 334 g/mol. The van der Waals surface area contributed by atoms with Crippen molar-refractivity contribution in [1.29, 1.82) is 0 Å². The lowest BCUT2D eigenvalue weighted by atomic mass is 9.87. The van der Waals surface area contributed by atoms with Crippen molar-refractivity contribution >= 4 is 6.03 Å². The zero-order valence-electron chi connectivity index (χ0n) is 14.9. The molecule has 1 aliphatic heterocycles. The fraction of sp³-hybridized carbons (Fsp3) is 0.632. The van der Waals surface area contributed by atoms with Crippen LogP contribution in [0.4, 0.5) is 4.79 Å². The van der Waals surface area contributed by atoms with Crippen LogP contribution in [-0.4, -0.2) is 36.9 Å². The molecule has 2 amide bonds. The number of amides is 2. The number of hydrogen-bond acceptors (Lipinski definition) is 3. The molecule has 0 bridgehead atoms. The second-order valence-electron chi connectivity index (χ2n) is 7.53. The Labute approximate surface area is 144 Å². The minimum absolute atomic E-state index is 0.0539. The largest absolute Gasteiger partial charge is 0.393 e. The Morgan fingerprint density at radius 3 is 2.71 bits per heavy atom. The maximum atomic E-state index is 12.0. The van der Waals surface area contributed by atoms with E-state index in [1.807, 2.05) is 32.0 Å². The summed E-state index contributed by atoms with van der Waals surface area (Å²) >= 11 is 0. The van der Waals surface area contributed by atoms with Gasteiger partial charge in [0.2, 0.25) is 0 Å². The molecule has 0 radical (unpaired) electrons. The highest BCUT2D eigenvalue weighted by Crippen LogP contribution is 2.33. The van der Waals surface area contributed by atoms with Crippen LogP contribution in [0, 0.1) is 11.3 Å². The summed E-state index contributed by atoms with van der Waals surface area (Å²) in [6, 6.07) is 10.0. The van der Waals surface area contributed by atoms with Gasteiger partial charge in [-0.3, -0.25) is 0 Å². The number of hydrogen-bond donors (Lipinski definition) is 3. The molecule has 2 rings (SSSR count). The lowest BCUT2D eigenvalue weighted by Gasteiger charge is -2.26. The van der Waals surface area contributed by atoms with Crippen LogP contribution in [0.15, 0.2) is 30.3 Å². The van der Waals surface area contributed by atoms with Crippen LogP contribution in [0.3, 0.4) is 0 Å². The second-order valence-corrected chi connectivity index (χ2v) is 7.53. The molecule has 1 fully saturated rings. The van der Waals surface area contributed by atoms with Crippen LogP contribution in [0.1, 0.15) is 45.3 Å². The zero-order valence-corrected chi connectivity index (χ0v) is 14.9. The lowest BCUT2D eigenvalue weighted by molar-refractivity contribution is 0.0908. The van der Waals surface area contributed by atoms with E-state index in [1.165, 1.54) is 5.56 Å². The molecule has 24 heavy (non-hydrogen) atoms. The van der Waals surface area contributed by atoms with Crippen LogP contribution in [0.5, 0.6) is 0 Å². The number of aliphatic hydroxyl groups is 1. The van der Waals surface area contributed by atoms with E-state index in [0.29, 0.717) is 25.4 Å². The third-order valence-corrected chi connectivity index (χ3v) is 4.44. The van der Waals surface area contributed by atoms with Gasteiger partial charge in [-0.25, -0.2) is 4.79 Å². The first-order valence-corrected chi connectivity index (χ1v) is 8.74. The molecule has 5 nitrogen and oxygen atoms in total. The Morgan fingerprint density at radius 2 is 2.04 bits per heavy atom. The highest BCUT2D eigenvalue weighted by atomic mass is 16.5. The number of urea groups is 1. The van der Waals surface area contributed by atoms with Gasteiger partial charge in [0, 0.05) is 25.6 Å². The average molecular weight is 334 g/mol. The number of carbonyl (C=O) groups excluding carboxylic acids is 1. The van der Waals surface area contributed by atoms with Crippen molar-refractivity contribution in [2.75, 3.05) is 19.7 Å². The van der Waals surface area contributed by atoms with Crippen molar-refractivity contribution in [2.45, 2.75) is 45.8 Å². The third kappa shape index (κ3) is 5.80. The normalized spacial score (nSPS) is 22.2. The van der Waals surface area contributed by atoms with Crippen molar-refractivity contribution in [3.8, 4) is 0 Å². The highest BCUT2D eigenvalue weighted by molar-refractivity contribution is 5.73. The van der Waals surface area contributed by atoms with E-state index in [9.17, 15) is 9.90 Å². The molecule has 1 aromatic carbocycles. The van der Waals surface area contributed by atoms with Gasteiger partial charge in [-0.05, 0) is 30.7 Å². The van der Waals surface area contributed by atoms with Crippen molar-refractivity contribution in [3.63, 3.8) is 0 Å². The molecule has 1 aromatic rings. The Hall–Kier alpha value is -1.59. The number of aliphatic hydroxyl groups excluding tert-OH is 1. The fourth-order valence-electron chi connectivity index (χ4n) is 3.33. The molecule has 1 saturated heterocycles. The molecule has 3 atom stereocenters. The van der Waals surface area contributed by atoms with Crippen LogP contribution < -0.4 is 10.6 Å². The molecule has 1 heterocycles. The van der Waals surface area contributed by atoms with Crippen LogP contribution >= 0.6 is 0 Å². The van der Waals surface area contributed by atoms with Crippen LogP contribution in [0.25, 0.3) is 0 Å². The summed E-state index contributed by atoms with van der Waals surface area (Å²) in [5, 5.41) is 15.4. The molecule has 0 aliphatic carbocycles. The molecule has 3 N–H and O–H groups in total. The number of nitrogens with one attached hydrogen (secondary N) is 2. The molecule has 0 aromatic heterocycles. The van der Waals surface area contributed by atoms with E-state index in [-0.39, 0.29) is 23.7 Å². The van der Waals surface area contributed by atoms with Gasteiger partial charge in [-0.1, -0.05) is 44.2 Å². The Kier molecular flexibility index (Phi) is 6.63. The first kappa shape index (κ1) is 18.7. The van der Waals surface area contributed by atoms with Gasteiger partial charge in [0.15, 0.2) is 0 Å². The average Bonchev–Trinajstić information content (AvgIpc) is 2.99. The quantitative estimate of drug-likeness (QED) is 0.718. The maximum Gasteiger partial charge on any atom is 0.314 e. The summed E-state index contributed by atoms with van der Waals surface area (Å²) in [5.74, 6) is 0.295. The van der Waals surface area contributed by atoms with Gasteiger partial charge in [0.1, 0.15) is 0 Å². The molecular weight excluding hydrogens is 304 g/mol. The van der Waals surface area contributed by atoms with E-state index in [2.05, 4.69) is 22.8 Å². The van der Waals surface area contributed by atoms with Gasteiger partial charge in [-0.2, -0.15) is 0 Å². The fourth-order valence-corrected chi connectivity index (χ4v) is 3.33. The predicted octanol–water partition coefficient (Wildman–Crippen LogP) is 2.86. The van der Waals surface area contributed by atoms with E-state index >= 15 is 0 Å². The number of ether oxygens (including phenoxy) is 1. The lowest BCUT2D eigenvalue weighted by Crippen LogP contribution is -2.43. The number of benzene rings is 1. The smallest absolute Gasteiger partial charge is 0.314 e. The maximum absolute atomic E-state index is 12.0. The van der Waals surface area contributed by atoms with E-state index in [0.717, 1.165) is 13.0 Å². The summed E-state index contributed by atoms with van der Waals surface area (Å²) in [6.45, 7) is 7.71. The molecule has 0 spiro atoms. The standard InChI is InChI=1S/C19H30N2O3/c1-14(22)11-19(2,3)13-21-18(23)20-12-16-9-10-24-17(16)15-7-5-4-6-8-15/h4-8,14,16-17,22H,9-13H2,1-3H3,(H2,20,21,23)/t14-,16-,17-/m0/s1. The van der Waals surface area contributed by atoms with E-state index in [1.54, 1.807) is 6.92 Å². The van der Waals surface area contributed by atoms with Gasteiger partial charge in [0.25, 0.3) is 0 Å². The topological polar surface area (TPSA) is 70.6 Å². The van der Waals surface area contributed by atoms with Gasteiger partial charge in [-0.15, -0.1) is 0 Å². The first-order valence-electron chi connectivity index (χ1n) is 8.74. The Balaban J connectivity index is 1.77. The van der Waals surface area contributed by atoms with Crippen molar-refractivity contribution in [1.82, 2.24) is 10.6 Å². The van der Waals surface area contributed by atoms with Gasteiger partial charge < -0.3 is 20.5 Å². The highest BCUT2D eigenvalue weighted by Gasteiger charge is 2.30. The summed E-state index contributed by atoms with van der Waals surface area (Å²) in [7, 11) is 0. The predicted molar refractivity (Wildman–Crippen MR) is 94.7 cm³/mol. The number of carbonyl (C=O) groups is 1. The molecule has 5 heteroatoms. The first-order chi connectivity index (χ1) is 11.4. The summed E-state index contributed by atoms with van der Waals surface area (Å²) < 4.78 is 5.84. The van der Waals surface area contributed by atoms with Gasteiger partial charge >= 0.3 is 6.03 Å². The summed E-state index contributed by atoms with van der Waals surface area (Å²) in [5.41, 5.74) is 1.04. The third-order valence-electron chi connectivity index (χ3n) is 4.44. The zero-order chi connectivity index (χ0) is 17.6. The van der Waals surface area contributed by atoms with Gasteiger partial charge in [0.05, 0.1) is 12.2 Å². The van der Waals surface area contributed by atoms with Crippen LogP contribution in [-0.2, 0) is 4.74 Å². The molecule has 1 aliphatic rings. The SMILES string of the molecule is C[C@H](O)CC(C)(C)CNC(=O)NC[C@@H]1CCO[C@H]1c1ccccc1. The molecule has 134 valence electrons. The van der Waals surface area contributed by atoms with Crippen molar-refractivity contribution < 1.29 is 14.6 Å².